The number of ketones is 1. The van der Waals surface area contributed by atoms with Crippen molar-refractivity contribution in [3.05, 3.63) is 0 Å². The molecular formula is C29H46O2. The highest BCUT2D eigenvalue weighted by molar-refractivity contribution is 5.82. The van der Waals surface area contributed by atoms with Crippen LogP contribution in [0.1, 0.15) is 112 Å². The van der Waals surface area contributed by atoms with Crippen LogP contribution in [0.15, 0.2) is 0 Å². The van der Waals surface area contributed by atoms with Gasteiger partial charge in [-0.2, -0.15) is 0 Å². The van der Waals surface area contributed by atoms with Crippen molar-refractivity contribution in [1.82, 2.24) is 0 Å². The molecule has 5 aliphatic rings. The van der Waals surface area contributed by atoms with Gasteiger partial charge in [-0.05, 0) is 110 Å². The fourth-order valence-corrected chi connectivity index (χ4v) is 10.7. The summed E-state index contributed by atoms with van der Waals surface area (Å²) in [6.45, 7) is 14.8. The van der Waals surface area contributed by atoms with Gasteiger partial charge in [0.15, 0.2) is 0 Å². The van der Waals surface area contributed by atoms with E-state index in [0.29, 0.717) is 39.8 Å². The van der Waals surface area contributed by atoms with E-state index in [1.54, 1.807) is 0 Å². The molecule has 5 rings (SSSR count). The minimum atomic E-state index is -0.0393. The van der Waals surface area contributed by atoms with E-state index in [0.717, 1.165) is 31.6 Å². The summed E-state index contributed by atoms with van der Waals surface area (Å²) in [6.07, 6.45) is 14.4. The number of carbonyl (C=O) groups is 2. The highest BCUT2D eigenvalue weighted by atomic mass is 16.1. The molecule has 0 saturated heterocycles. The maximum atomic E-state index is 12.7. The van der Waals surface area contributed by atoms with Gasteiger partial charge in [-0.1, -0.05) is 41.5 Å². The van der Waals surface area contributed by atoms with Crippen LogP contribution in [-0.2, 0) is 9.59 Å². The number of aldehydes is 1. The van der Waals surface area contributed by atoms with Gasteiger partial charge in [0.25, 0.3) is 0 Å². The first-order chi connectivity index (χ1) is 14.4. The zero-order valence-electron chi connectivity index (χ0n) is 21.1. The molecule has 174 valence electrons. The van der Waals surface area contributed by atoms with Gasteiger partial charge >= 0.3 is 0 Å². The fraction of sp³-hybridized carbons (Fsp3) is 0.931. The lowest BCUT2D eigenvalue weighted by atomic mass is 9.34. The zero-order valence-corrected chi connectivity index (χ0v) is 21.1. The van der Waals surface area contributed by atoms with E-state index in [4.69, 9.17) is 0 Å². The molecule has 9 unspecified atom stereocenters. The Labute approximate surface area is 190 Å². The van der Waals surface area contributed by atoms with Crippen molar-refractivity contribution < 1.29 is 9.59 Å². The number of carbonyl (C=O) groups excluding carboxylic acids is 2. The van der Waals surface area contributed by atoms with E-state index >= 15 is 0 Å². The Kier molecular flexibility index (Phi) is 4.78. The van der Waals surface area contributed by atoms with Gasteiger partial charge in [-0.3, -0.25) is 4.79 Å². The first-order valence-electron chi connectivity index (χ1n) is 13.4. The number of hydrogen-bond acceptors (Lipinski definition) is 2. The van der Waals surface area contributed by atoms with Crippen molar-refractivity contribution >= 4 is 12.1 Å². The molecule has 0 aromatic carbocycles. The minimum absolute atomic E-state index is 0.0393. The molecule has 0 aromatic heterocycles. The summed E-state index contributed by atoms with van der Waals surface area (Å²) < 4.78 is 0. The van der Waals surface area contributed by atoms with Gasteiger partial charge < -0.3 is 4.79 Å². The van der Waals surface area contributed by atoms with Gasteiger partial charge in [0.2, 0.25) is 0 Å². The van der Waals surface area contributed by atoms with E-state index in [1.165, 1.54) is 51.2 Å². The Morgan fingerprint density at radius 2 is 1.39 bits per heavy atom. The summed E-state index contributed by atoms with van der Waals surface area (Å²) in [4.78, 5) is 25.2. The van der Waals surface area contributed by atoms with E-state index in [-0.39, 0.29) is 16.7 Å². The molecule has 0 radical (unpaired) electrons. The van der Waals surface area contributed by atoms with Crippen LogP contribution in [-0.4, -0.2) is 12.1 Å². The number of rotatable bonds is 1. The van der Waals surface area contributed by atoms with Crippen molar-refractivity contribution in [2.45, 2.75) is 112 Å². The number of Topliss-reactive ketones (excluding diaryl/α,β-unsaturated/α-hetero) is 1. The van der Waals surface area contributed by atoms with E-state index in [9.17, 15) is 9.59 Å². The molecule has 0 heterocycles. The standard InChI is InChI=1S/C29H46O2/c1-19-22(31)7-8-23-26(19,4)12-10-24-27(5)14-16-29(18-30)15-13-25(2,3)17-21(29)20(27)9-11-28(23,24)6/h18-21,23-24H,7-17H2,1-6H3. The predicted molar refractivity (Wildman–Crippen MR) is 126 cm³/mol. The smallest absolute Gasteiger partial charge is 0.136 e. The van der Waals surface area contributed by atoms with E-state index in [2.05, 4.69) is 41.5 Å². The monoisotopic (exact) mass is 426 g/mol. The van der Waals surface area contributed by atoms with Crippen molar-refractivity contribution in [2.75, 3.05) is 0 Å². The first kappa shape index (κ1) is 22.1. The van der Waals surface area contributed by atoms with E-state index in [1.807, 2.05) is 0 Å². The Bertz CT molecular complexity index is 784. The molecule has 0 N–H and O–H groups in total. The van der Waals surface area contributed by atoms with Crippen LogP contribution in [0, 0.1) is 56.7 Å². The van der Waals surface area contributed by atoms with Gasteiger partial charge in [0.05, 0.1) is 0 Å². The van der Waals surface area contributed by atoms with Crippen LogP contribution in [0.25, 0.3) is 0 Å². The summed E-state index contributed by atoms with van der Waals surface area (Å²) in [5, 5.41) is 0. The summed E-state index contributed by atoms with van der Waals surface area (Å²) in [5.74, 6) is 3.46. The van der Waals surface area contributed by atoms with Gasteiger partial charge in [-0.25, -0.2) is 0 Å². The quantitative estimate of drug-likeness (QED) is 0.414. The second-order valence-corrected chi connectivity index (χ2v) is 14.4. The summed E-state index contributed by atoms with van der Waals surface area (Å²) >= 11 is 0. The summed E-state index contributed by atoms with van der Waals surface area (Å²) in [6, 6.07) is 0. The van der Waals surface area contributed by atoms with Crippen LogP contribution >= 0.6 is 0 Å². The average Bonchev–Trinajstić information content (AvgIpc) is 2.70. The molecule has 0 aromatic rings. The SMILES string of the molecule is CC1C(=O)CCC2C1(C)CCC1C3(C)CCC4(C=O)CCC(C)(C)CC4C3CCC21C. The third kappa shape index (κ3) is 2.81. The van der Waals surface area contributed by atoms with Gasteiger partial charge in [-0.15, -0.1) is 0 Å². The topological polar surface area (TPSA) is 34.1 Å². The lowest BCUT2D eigenvalue weighted by molar-refractivity contribution is -0.218. The second kappa shape index (κ2) is 6.69. The minimum Gasteiger partial charge on any atom is -0.303 e. The average molecular weight is 427 g/mol. The Balaban J connectivity index is 1.51. The number of fused-ring (bicyclic) bond motifs is 7. The molecular weight excluding hydrogens is 380 g/mol. The lowest BCUT2D eigenvalue weighted by Gasteiger charge is -2.70. The Morgan fingerprint density at radius 3 is 2.10 bits per heavy atom. The largest absolute Gasteiger partial charge is 0.303 e. The van der Waals surface area contributed by atoms with Crippen LogP contribution < -0.4 is 0 Å². The highest BCUT2D eigenvalue weighted by Crippen LogP contribution is 2.74. The third-order valence-electron chi connectivity index (χ3n) is 12.8. The van der Waals surface area contributed by atoms with Crippen molar-refractivity contribution in [3.63, 3.8) is 0 Å². The van der Waals surface area contributed by atoms with Crippen LogP contribution in [0.3, 0.4) is 0 Å². The third-order valence-corrected chi connectivity index (χ3v) is 12.8. The van der Waals surface area contributed by atoms with Crippen LogP contribution in [0.4, 0.5) is 0 Å². The summed E-state index contributed by atoms with van der Waals surface area (Å²) in [7, 11) is 0. The van der Waals surface area contributed by atoms with Gasteiger partial charge in [0.1, 0.15) is 12.1 Å². The Hall–Kier alpha value is -0.660. The Morgan fingerprint density at radius 1 is 0.742 bits per heavy atom. The second-order valence-electron chi connectivity index (χ2n) is 14.4. The molecule has 0 aliphatic heterocycles. The van der Waals surface area contributed by atoms with Crippen molar-refractivity contribution in [1.29, 1.82) is 0 Å². The predicted octanol–water partition coefficient (Wildman–Crippen LogP) is 7.25. The maximum Gasteiger partial charge on any atom is 0.136 e. The molecule has 5 saturated carbocycles. The molecule has 9 atom stereocenters. The van der Waals surface area contributed by atoms with Crippen LogP contribution in [0.5, 0.6) is 0 Å². The molecule has 0 amide bonds. The molecule has 5 fully saturated rings. The normalized spacial score (nSPS) is 55.9. The molecule has 2 nitrogen and oxygen atoms in total. The molecule has 5 aliphatic carbocycles. The molecule has 2 heteroatoms. The fourth-order valence-electron chi connectivity index (χ4n) is 10.7. The van der Waals surface area contributed by atoms with Crippen LogP contribution in [0.2, 0.25) is 0 Å². The van der Waals surface area contributed by atoms with Gasteiger partial charge in [0, 0.05) is 17.8 Å². The summed E-state index contributed by atoms with van der Waals surface area (Å²) in [5.41, 5.74) is 1.25. The van der Waals surface area contributed by atoms with Crippen molar-refractivity contribution in [2.24, 2.45) is 56.7 Å². The van der Waals surface area contributed by atoms with Crippen molar-refractivity contribution in [3.8, 4) is 0 Å². The van der Waals surface area contributed by atoms with E-state index < -0.39 is 0 Å². The molecule has 31 heavy (non-hydrogen) atoms. The molecule has 0 bridgehead atoms. The maximum absolute atomic E-state index is 12.7. The zero-order chi connectivity index (χ0) is 22.4. The highest BCUT2D eigenvalue weighted by Gasteiger charge is 2.67. The molecule has 0 spiro atoms. The first-order valence-corrected chi connectivity index (χ1v) is 13.4. The number of hydrogen-bond donors (Lipinski definition) is 0. The lowest BCUT2D eigenvalue weighted by Crippen LogP contribution is -2.64.